The highest BCUT2D eigenvalue weighted by molar-refractivity contribution is 6.05. The Bertz CT molecular complexity index is 2430. The number of aryl methyl sites for hydroxylation is 1. The molecule has 322 valence electrons. The summed E-state index contributed by atoms with van der Waals surface area (Å²) in [5.41, 5.74) is 6.44. The minimum atomic E-state index is -0.412. The first-order valence-electron chi connectivity index (χ1n) is 21.3. The van der Waals surface area contributed by atoms with Crippen molar-refractivity contribution in [1.29, 1.82) is 0 Å². The van der Waals surface area contributed by atoms with Gasteiger partial charge in [-0.05, 0) is 67.4 Å². The average molecular weight is 840 g/mol. The van der Waals surface area contributed by atoms with Gasteiger partial charge in [0.2, 0.25) is 5.91 Å². The molecule has 0 aliphatic carbocycles. The number of rotatable bonds is 11. The molecule has 4 fully saturated rings. The number of anilines is 5. The molecule has 17 nitrogen and oxygen atoms in total. The summed E-state index contributed by atoms with van der Waals surface area (Å²) in [5, 5.41) is 12.7. The molecule has 9 rings (SSSR count). The highest BCUT2D eigenvalue weighted by Gasteiger charge is 2.41. The Morgan fingerprint density at radius 3 is 2.21 bits per heavy atom. The number of carbonyl (C=O) groups excluding carboxylic acids is 3. The van der Waals surface area contributed by atoms with Crippen LogP contribution in [0.5, 0.6) is 0 Å². The van der Waals surface area contributed by atoms with Gasteiger partial charge in [-0.25, -0.2) is 19.7 Å². The van der Waals surface area contributed by atoms with Gasteiger partial charge in [-0.1, -0.05) is 38.1 Å². The predicted octanol–water partition coefficient (Wildman–Crippen LogP) is 4.90. The van der Waals surface area contributed by atoms with Crippen LogP contribution in [0, 0.1) is 6.92 Å². The van der Waals surface area contributed by atoms with Crippen molar-refractivity contribution in [2.75, 3.05) is 78.9 Å². The molecule has 17 heteroatoms. The third-order valence-electron chi connectivity index (χ3n) is 12.4. The Balaban J connectivity index is 0.712. The van der Waals surface area contributed by atoms with E-state index in [9.17, 15) is 14.4 Å². The van der Waals surface area contributed by atoms with Crippen molar-refractivity contribution < 1.29 is 18.9 Å². The first kappa shape index (κ1) is 40.9. The number of hydrogen-bond donors (Lipinski definition) is 3. The van der Waals surface area contributed by atoms with Gasteiger partial charge in [-0.3, -0.25) is 29.6 Å². The van der Waals surface area contributed by atoms with E-state index in [1.54, 1.807) is 11.2 Å². The molecule has 1 atom stereocenters. The van der Waals surface area contributed by atoms with E-state index in [-0.39, 0.29) is 29.3 Å². The van der Waals surface area contributed by atoms with E-state index in [0.717, 1.165) is 91.8 Å². The minimum Gasteiger partial charge on any atom is -0.368 e. The zero-order chi connectivity index (χ0) is 43.1. The molecule has 4 aliphatic heterocycles. The fourth-order valence-electron chi connectivity index (χ4n) is 8.55. The fourth-order valence-corrected chi connectivity index (χ4v) is 8.55. The number of piperazine rings is 1. The van der Waals surface area contributed by atoms with Crippen molar-refractivity contribution in [1.82, 2.24) is 45.5 Å². The summed E-state index contributed by atoms with van der Waals surface area (Å²) in [7, 11) is 0. The molecular weight excluding hydrogens is 787 g/mol. The summed E-state index contributed by atoms with van der Waals surface area (Å²) >= 11 is 0. The second-order valence-corrected chi connectivity index (χ2v) is 17.7. The number of nitrogens with zero attached hydrogens (tertiary/aromatic N) is 10. The molecule has 3 N–H and O–H groups in total. The lowest BCUT2D eigenvalue weighted by Crippen LogP contribution is -2.71. The van der Waals surface area contributed by atoms with Gasteiger partial charge in [-0.15, -0.1) is 0 Å². The minimum absolute atomic E-state index is 0.0507. The smallest absolute Gasteiger partial charge is 0.328 e. The molecule has 0 bridgehead atoms. The first-order valence-corrected chi connectivity index (χ1v) is 21.3. The molecule has 4 saturated heterocycles. The number of benzene rings is 2. The Labute approximate surface area is 360 Å². The summed E-state index contributed by atoms with van der Waals surface area (Å²) < 4.78 is 5.22. The molecule has 4 aliphatic rings. The van der Waals surface area contributed by atoms with E-state index in [0.29, 0.717) is 42.5 Å². The number of amides is 4. The SMILES string of the molecule is Cc1cc(-c2cc(Nc3ccc(N4CCN(C5CN(C6CN(c7ccc(N8CCC(=O)NC8=O)cc7)C6)C5)CC4)cn3)ncn2)ccc1[C@@H](C)NC(=O)c1nc(C(C)(C)C)no1. The normalized spacial score (nSPS) is 18.6. The van der Waals surface area contributed by atoms with Crippen LogP contribution in [0.15, 0.2) is 77.7 Å². The van der Waals surface area contributed by atoms with E-state index in [1.165, 1.54) is 0 Å². The molecule has 7 heterocycles. The van der Waals surface area contributed by atoms with Crippen LogP contribution in [0.1, 0.15) is 67.8 Å². The molecule has 0 spiro atoms. The number of nitrogens with one attached hydrogen (secondary N) is 3. The molecule has 62 heavy (non-hydrogen) atoms. The topological polar surface area (TPSA) is 181 Å². The van der Waals surface area contributed by atoms with Gasteiger partial charge < -0.3 is 25.0 Å². The maximum absolute atomic E-state index is 12.9. The van der Waals surface area contributed by atoms with Gasteiger partial charge in [0.05, 0.1) is 23.6 Å². The molecular formula is C45H53N13O4. The molecule has 4 amide bonds. The molecule has 0 unspecified atom stereocenters. The number of likely N-dealkylation sites (tertiary alicyclic amines) is 1. The first-order chi connectivity index (χ1) is 29.8. The van der Waals surface area contributed by atoms with Crippen molar-refractivity contribution in [3.63, 3.8) is 0 Å². The van der Waals surface area contributed by atoms with E-state index < -0.39 is 5.91 Å². The number of carbonyl (C=O) groups is 3. The largest absolute Gasteiger partial charge is 0.368 e. The Kier molecular flexibility index (Phi) is 11.1. The van der Waals surface area contributed by atoms with Crippen molar-refractivity contribution in [3.8, 4) is 11.3 Å². The Hall–Kier alpha value is -6.46. The van der Waals surface area contributed by atoms with Crippen LogP contribution in [0.4, 0.5) is 33.5 Å². The summed E-state index contributed by atoms with van der Waals surface area (Å²) in [6.45, 7) is 18.5. The van der Waals surface area contributed by atoms with Crippen LogP contribution in [-0.4, -0.2) is 124 Å². The van der Waals surface area contributed by atoms with E-state index >= 15 is 0 Å². The molecule has 5 aromatic rings. The van der Waals surface area contributed by atoms with E-state index in [1.807, 2.05) is 77.2 Å². The summed E-state index contributed by atoms with van der Waals surface area (Å²) in [6.07, 6.45) is 3.79. The lowest BCUT2D eigenvalue weighted by molar-refractivity contribution is -0.120. The van der Waals surface area contributed by atoms with Gasteiger partial charge in [0.15, 0.2) is 5.82 Å². The Morgan fingerprint density at radius 1 is 0.806 bits per heavy atom. The fraction of sp³-hybridized carbons (Fsp3) is 0.422. The lowest BCUT2D eigenvalue weighted by Gasteiger charge is -2.55. The van der Waals surface area contributed by atoms with Gasteiger partial charge in [0.1, 0.15) is 18.0 Å². The lowest BCUT2D eigenvalue weighted by atomic mass is 9.96. The summed E-state index contributed by atoms with van der Waals surface area (Å²) in [4.78, 5) is 66.2. The number of aromatic nitrogens is 5. The van der Waals surface area contributed by atoms with Crippen molar-refractivity contribution >= 4 is 46.5 Å². The molecule has 0 saturated carbocycles. The maximum Gasteiger partial charge on any atom is 0.328 e. The van der Waals surface area contributed by atoms with Crippen LogP contribution < -0.4 is 30.7 Å². The standard InChI is InChI=1S/C45H53N13O4/c1-28-20-30(6-12-36(28)29(2)49-41(60)42-52-43(53-62-42)45(3,4)5)37-21-39(48-27-47-37)50-38-13-11-33(22-46-38)54-16-18-55(19-17-54)34-23-57(24-34)35-25-56(26-35)31-7-9-32(10-8-31)58-15-14-40(59)51-44(58)61/h6-13,20-22,27,29,34-35H,14-19,23-26H2,1-5H3,(H,49,60)(H,51,59,61)(H,46,47,48,50)/t29-/m1/s1. The third kappa shape index (κ3) is 8.67. The van der Waals surface area contributed by atoms with Gasteiger partial charge in [-0.2, -0.15) is 4.98 Å². The summed E-state index contributed by atoms with van der Waals surface area (Å²) in [5.74, 6) is 1.15. The van der Waals surface area contributed by atoms with E-state index in [4.69, 9.17) is 9.51 Å². The number of imide groups is 1. The highest BCUT2D eigenvalue weighted by atomic mass is 16.5. The van der Waals surface area contributed by atoms with Crippen LogP contribution in [-0.2, 0) is 10.2 Å². The molecule has 0 radical (unpaired) electrons. The van der Waals surface area contributed by atoms with Crippen molar-refractivity contribution in [2.24, 2.45) is 0 Å². The summed E-state index contributed by atoms with van der Waals surface area (Å²) in [6, 6.07) is 20.7. The van der Waals surface area contributed by atoms with Crippen LogP contribution in [0.25, 0.3) is 11.3 Å². The number of pyridine rings is 1. The van der Waals surface area contributed by atoms with Gasteiger partial charge in [0.25, 0.3) is 0 Å². The maximum atomic E-state index is 12.9. The highest BCUT2D eigenvalue weighted by Crippen LogP contribution is 2.31. The average Bonchev–Trinajstić information content (AvgIpc) is 3.74. The van der Waals surface area contributed by atoms with Gasteiger partial charge >= 0.3 is 17.8 Å². The zero-order valence-electron chi connectivity index (χ0n) is 35.8. The monoisotopic (exact) mass is 839 g/mol. The second kappa shape index (κ2) is 16.8. The Morgan fingerprint density at radius 2 is 1.53 bits per heavy atom. The molecule has 3 aromatic heterocycles. The van der Waals surface area contributed by atoms with Crippen LogP contribution in [0.2, 0.25) is 0 Å². The zero-order valence-corrected chi connectivity index (χ0v) is 35.8. The molecule has 2 aromatic carbocycles. The van der Waals surface area contributed by atoms with Crippen molar-refractivity contribution in [3.05, 3.63) is 96.0 Å². The second-order valence-electron chi connectivity index (χ2n) is 17.7. The predicted molar refractivity (Wildman–Crippen MR) is 236 cm³/mol. The van der Waals surface area contributed by atoms with Crippen LogP contribution in [0.3, 0.4) is 0 Å². The number of hydrogen-bond acceptors (Lipinski definition) is 14. The number of urea groups is 1. The van der Waals surface area contributed by atoms with Crippen LogP contribution >= 0.6 is 0 Å². The third-order valence-corrected chi connectivity index (χ3v) is 12.4. The van der Waals surface area contributed by atoms with E-state index in [2.05, 4.69) is 79.9 Å². The van der Waals surface area contributed by atoms with Gasteiger partial charge in [0, 0.05) is 106 Å². The quantitative estimate of drug-likeness (QED) is 0.163. The van der Waals surface area contributed by atoms with Crippen molar-refractivity contribution in [2.45, 2.75) is 64.6 Å².